The fourth-order valence-corrected chi connectivity index (χ4v) is 4.65. The van der Waals surface area contributed by atoms with Crippen molar-refractivity contribution in [1.29, 1.82) is 0 Å². The lowest BCUT2D eigenvalue weighted by Gasteiger charge is -2.24. The third-order valence-corrected chi connectivity index (χ3v) is 6.40. The van der Waals surface area contributed by atoms with E-state index in [0.29, 0.717) is 19.0 Å². The molecular formula is C25H31N7O. The van der Waals surface area contributed by atoms with E-state index in [4.69, 9.17) is 4.98 Å². The fourth-order valence-electron chi connectivity index (χ4n) is 4.65. The molecule has 0 fully saturated rings. The van der Waals surface area contributed by atoms with Crippen LogP contribution in [0, 0.1) is 0 Å². The number of pyridine rings is 1. The maximum atomic E-state index is 12.2. The van der Waals surface area contributed by atoms with E-state index in [-0.39, 0.29) is 5.56 Å². The zero-order valence-corrected chi connectivity index (χ0v) is 19.3. The van der Waals surface area contributed by atoms with Gasteiger partial charge in [-0.25, -0.2) is 4.98 Å². The molecule has 3 aromatic heterocycles. The topological polar surface area (TPSA) is 81.7 Å². The Kier molecular flexibility index (Phi) is 6.00. The number of rotatable bonds is 8. The average Bonchev–Trinajstić information content (AvgIpc) is 3.39. The van der Waals surface area contributed by atoms with Gasteiger partial charge in [-0.05, 0) is 44.0 Å². The molecule has 0 saturated carbocycles. The summed E-state index contributed by atoms with van der Waals surface area (Å²) in [6.07, 6.45) is 6.66. The van der Waals surface area contributed by atoms with E-state index in [0.717, 1.165) is 49.5 Å². The minimum absolute atomic E-state index is 0.0211. The summed E-state index contributed by atoms with van der Waals surface area (Å²) in [4.78, 5) is 17.3. The number of aromatic nitrogens is 5. The molecule has 0 unspecified atom stereocenters. The maximum Gasteiger partial charge on any atom is 0.250 e. The second kappa shape index (κ2) is 9.23. The van der Waals surface area contributed by atoms with Gasteiger partial charge in [-0.2, -0.15) is 5.10 Å². The number of nitrogens with one attached hydrogen (secondary N) is 2. The van der Waals surface area contributed by atoms with Crippen LogP contribution in [0.5, 0.6) is 0 Å². The summed E-state index contributed by atoms with van der Waals surface area (Å²) in [5.41, 5.74) is 5.82. The Balaban J connectivity index is 1.40. The van der Waals surface area contributed by atoms with Gasteiger partial charge in [0.2, 0.25) is 0 Å². The molecule has 8 nitrogen and oxygen atoms in total. The summed E-state index contributed by atoms with van der Waals surface area (Å²) in [6, 6.07) is 12.2. The molecule has 0 amide bonds. The normalized spacial score (nSPS) is 15.5. The lowest BCUT2D eigenvalue weighted by Crippen LogP contribution is -2.23. The summed E-state index contributed by atoms with van der Waals surface area (Å²) < 4.78 is 5.89. The molecule has 4 heterocycles. The largest absolute Gasteiger partial charge is 0.382 e. The van der Waals surface area contributed by atoms with E-state index in [1.165, 1.54) is 16.8 Å². The van der Waals surface area contributed by atoms with Crippen molar-refractivity contribution in [2.75, 3.05) is 11.9 Å². The number of aryl methyl sites for hydroxylation is 4. The van der Waals surface area contributed by atoms with Crippen LogP contribution in [0.3, 0.4) is 0 Å². The van der Waals surface area contributed by atoms with Gasteiger partial charge in [0.15, 0.2) is 0 Å². The monoisotopic (exact) mass is 445 g/mol. The fraction of sp³-hybridized carbons (Fsp3) is 0.400. The molecular weight excluding hydrogens is 414 g/mol. The lowest BCUT2D eigenvalue weighted by molar-refractivity contribution is 0.563. The van der Waals surface area contributed by atoms with Crippen LogP contribution in [0.15, 0.2) is 53.6 Å². The van der Waals surface area contributed by atoms with Crippen molar-refractivity contribution < 1.29 is 0 Å². The number of imidazole rings is 1. The highest BCUT2D eigenvalue weighted by molar-refractivity contribution is 5.86. The number of fused-ring (bicyclic) bond motifs is 3. The second-order valence-electron chi connectivity index (χ2n) is 8.86. The molecule has 0 saturated heterocycles. The summed E-state index contributed by atoms with van der Waals surface area (Å²) >= 11 is 0. The standard InChI is InChI=1S/C25H31N7O/c1-18-6-7-20-21(27-18)8-9-22-25(20)28-23(11-15-31-13-4-3-5-24(31)33)32(22)16-12-26-17-19-10-14-30(2)29-19/h3-5,8-10,13-14,18,26-27H,6-7,11-12,15-17H2,1-2H3/t18-/m0/s1. The quantitative estimate of drug-likeness (QED) is 0.408. The summed E-state index contributed by atoms with van der Waals surface area (Å²) in [5.74, 6) is 1.02. The third kappa shape index (κ3) is 4.57. The van der Waals surface area contributed by atoms with Crippen molar-refractivity contribution in [1.82, 2.24) is 29.2 Å². The summed E-state index contributed by atoms with van der Waals surface area (Å²) in [5, 5.41) is 11.5. The van der Waals surface area contributed by atoms with Crippen molar-refractivity contribution in [3.05, 3.63) is 76.2 Å². The smallest absolute Gasteiger partial charge is 0.250 e. The van der Waals surface area contributed by atoms with Crippen LogP contribution in [0.2, 0.25) is 0 Å². The number of nitrogens with zero attached hydrogens (tertiary/aromatic N) is 5. The van der Waals surface area contributed by atoms with Gasteiger partial charge < -0.3 is 19.8 Å². The zero-order valence-electron chi connectivity index (χ0n) is 19.3. The van der Waals surface area contributed by atoms with Gasteiger partial charge in [-0.15, -0.1) is 0 Å². The molecule has 0 bridgehead atoms. The van der Waals surface area contributed by atoms with Gasteiger partial charge in [0, 0.05) is 75.4 Å². The van der Waals surface area contributed by atoms with Crippen LogP contribution >= 0.6 is 0 Å². The highest BCUT2D eigenvalue weighted by atomic mass is 16.1. The Bertz CT molecular complexity index is 1320. The van der Waals surface area contributed by atoms with Crippen LogP contribution in [0.4, 0.5) is 5.69 Å². The summed E-state index contributed by atoms with van der Waals surface area (Å²) in [7, 11) is 1.93. The predicted octanol–water partition coefficient (Wildman–Crippen LogP) is 2.71. The number of hydrogen-bond donors (Lipinski definition) is 2. The van der Waals surface area contributed by atoms with Crippen LogP contribution in [0.1, 0.15) is 30.4 Å². The molecule has 0 radical (unpaired) electrons. The first kappa shape index (κ1) is 21.5. The number of anilines is 1. The first-order valence-electron chi connectivity index (χ1n) is 11.7. The van der Waals surface area contributed by atoms with Crippen LogP contribution in [-0.4, -0.2) is 36.5 Å². The van der Waals surface area contributed by atoms with E-state index in [9.17, 15) is 4.79 Å². The Hall–Kier alpha value is -3.39. The Labute approximate surface area is 193 Å². The summed E-state index contributed by atoms with van der Waals surface area (Å²) in [6.45, 7) is 5.20. The van der Waals surface area contributed by atoms with Gasteiger partial charge >= 0.3 is 0 Å². The molecule has 1 aromatic carbocycles. The van der Waals surface area contributed by atoms with Crippen molar-refractivity contribution >= 4 is 16.7 Å². The van der Waals surface area contributed by atoms with E-state index >= 15 is 0 Å². The highest BCUT2D eigenvalue weighted by Gasteiger charge is 2.21. The first-order chi connectivity index (χ1) is 16.1. The molecule has 1 aliphatic heterocycles. The van der Waals surface area contributed by atoms with Crippen molar-refractivity contribution in [2.24, 2.45) is 7.05 Å². The minimum atomic E-state index is 0.0211. The minimum Gasteiger partial charge on any atom is -0.382 e. The van der Waals surface area contributed by atoms with Crippen LogP contribution < -0.4 is 16.2 Å². The van der Waals surface area contributed by atoms with Crippen molar-refractivity contribution in [3.63, 3.8) is 0 Å². The molecule has 0 aliphatic carbocycles. The second-order valence-corrected chi connectivity index (χ2v) is 8.86. The Morgan fingerprint density at radius 3 is 2.88 bits per heavy atom. The SMILES string of the molecule is C[C@H]1CCc2c(ccc3c2nc(CCn2ccccc2=O)n3CCNCc2ccn(C)n2)N1. The lowest BCUT2D eigenvalue weighted by atomic mass is 9.98. The van der Waals surface area contributed by atoms with E-state index in [2.05, 4.69) is 39.4 Å². The average molecular weight is 446 g/mol. The molecule has 1 aliphatic rings. The van der Waals surface area contributed by atoms with Gasteiger partial charge in [0.25, 0.3) is 5.56 Å². The van der Waals surface area contributed by atoms with Gasteiger partial charge in [0.05, 0.1) is 16.7 Å². The number of hydrogen-bond acceptors (Lipinski definition) is 5. The Morgan fingerprint density at radius 1 is 1.15 bits per heavy atom. The Morgan fingerprint density at radius 2 is 2.06 bits per heavy atom. The third-order valence-electron chi connectivity index (χ3n) is 6.40. The molecule has 8 heteroatoms. The molecule has 0 spiro atoms. The molecule has 4 aromatic rings. The van der Waals surface area contributed by atoms with Crippen molar-refractivity contribution in [2.45, 2.75) is 51.9 Å². The van der Waals surface area contributed by atoms with E-state index < -0.39 is 0 Å². The molecule has 2 N–H and O–H groups in total. The predicted molar refractivity (Wildman–Crippen MR) is 130 cm³/mol. The van der Waals surface area contributed by atoms with Crippen LogP contribution in [-0.2, 0) is 39.5 Å². The molecule has 33 heavy (non-hydrogen) atoms. The highest BCUT2D eigenvalue weighted by Crippen LogP contribution is 2.32. The molecule has 1 atom stereocenters. The first-order valence-corrected chi connectivity index (χ1v) is 11.7. The van der Waals surface area contributed by atoms with E-state index in [1.54, 1.807) is 16.7 Å². The van der Waals surface area contributed by atoms with Gasteiger partial charge in [0.1, 0.15) is 5.82 Å². The maximum absolute atomic E-state index is 12.2. The van der Waals surface area contributed by atoms with Crippen LogP contribution in [0.25, 0.3) is 11.0 Å². The zero-order chi connectivity index (χ0) is 22.8. The van der Waals surface area contributed by atoms with E-state index in [1.807, 2.05) is 36.3 Å². The molecule has 5 rings (SSSR count). The van der Waals surface area contributed by atoms with Gasteiger partial charge in [-0.1, -0.05) is 6.07 Å². The molecule has 172 valence electrons. The number of benzene rings is 1. The van der Waals surface area contributed by atoms with Gasteiger partial charge in [-0.3, -0.25) is 9.48 Å². The van der Waals surface area contributed by atoms with Crippen molar-refractivity contribution in [3.8, 4) is 0 Å².